The van der Waals surface area contributed by atoms with Crippen molar-refractivity contribution in [1.82, 2.24) is 0 Å². The molecule has 0 radical (unpaired) electrons. The van der Waals surface area contributed by atoms with Gasteiger partial charge in [0.15, 0.2) is 0 Å². The lowest BCUT2D eigenvalue weighted by molar-refractivity contribution is 0.0256. The van der Waals surface area contributed by atoms with E-state index in [-0.39, 0.29) is 11.7 Å². The topological polar surface area (TPSA) is 55.8 Å². The molecule has 0 atom stereocenters. The number of carbonyl (C=O) groups is 1. The smallest absolute Gasteiger partial charge is 0.335 e. The third-order valence-electron chi connectivity index (χ3n) is 2.64. The largest absolute Gasteiger partial charge is 0.489 e. The van der Waals surface area contributed by atoms with Gasteiger partial charge in [0.2, 0.25) is 0 Å². The summed E-state index contributed by atoms with van der Waals surface area (Å²) in [5.41, 5.74) is 0.161. The van der Waals surface area contributed by atoms with E-state index in [2.05, 4.69) is 0 Å². The highest BCUT2D eigenvalue weighted by molar-refractivity contribution is 6.32. The van der Waals surface area contributed by atoms with E-state index in [4.69, 9.17) is 26.2 Å². The average molecular weight is 257 g/mol. The van der Waals surface area contributed by atoms with Crippen molar-refractivity contribution < 1.29 is 19.4 Å². The molecule has 1 N–H and O–H groups in total. The molecule has 0 amide bonds. The van der Waals surface area contributed by atoms with Gasteiger partial charge in [-0.2, -0.15) is 0 Å². The Labute approximate surface area is 104 Å². The highest BCUT2D eigenvalue weighted by Crippen LogP contribution is 2.28. The molecule has 0 saturated carbocycles. The Morgan fingerprint density at radius 2 is 2.12 bits per heavy atom. The summed E-state index contributed by atoms with van der Waals surface area (Å²) >= 11 is 5.97. The van der Waals surface area contributed by atoms with E-state index in [1.165, 1.54) is 12.1 Å². The van der Waals surface area contributed by atoms with Crippen molar-refractivity contribution in [2.45, 2.75) is 18.9 Å². The van der Waals surface area contributed by atoms with Crippen LogP contribution in [0.25, 0.3) is 0 Å². The molecule has 1 fully saturated rings. The fourth-order valence-electron chi connectivity index (χ4n) is 1.70. The maximum absolute atomic E-state index is 10.7. The summed E-state index contributed by atoms with van der Waals surface area (Å²) in [5.74, 6) is -0.465. The van der Waals surface area contributed by atoms with Gasteiger partial charge in [-0.1, -0.05) is 11.6 Å². The number of benzene rings is 1. The number of aromatic carboxylic acids is 1. The van der Waals surface area contributed by atoms with Crippen LogP contribution in [0.15, 0.2) is 18.2 Å². The highest BCUT2D eigenvalue weighted by atomic mass is 35.5. The first-order chi connectivity index (χ1) is 8.16. The minimum Gasteiger partial charge on any atom is -0.489 e. The highest BCUT2D eigenvalue weighted by Gasteiger charge is 2.17. The molecule has 17 heavy (non-hydrogen) atoms. The van der Waals surface area contributed by atoms with Gasteiger partial charge in [-0.3, -0.25) is 0 Å². The second kappa shape index (κ2) is 5.38. The second-order valence-electron chi connectivity index (χ2n) is 3.88. The molecule has 0 bridgehead atoms. The van der Waals surface area contributed by atoms with Gasteiger partial charge in [-0.05, 0) is 18.2 Å². The van der Waals surface area contributed by atoms with Crippen LogP contribution in [-0.4, -0.2) is 30.4 Å². The van der Waals surface area contributed by atoms with Crippen LogP contribution in [0.3, 0.4) is 0 Å². The van der Waals surface area contributed by atoms with E-state index in [0.29, 0.717) is 24.0 Å². The van der Waals surface area contributed by atoms with Gasteiger partial charge in [0, 0.05) is 12.8 Å². The lowest BCUT2D eigenvalue weighted by atomic mass is 10.1. The summed E-state index contributed by atoms with van der Waals surface area (Å²) in [7, 11) is 0. The van der Waals surface area contributed by atoms with Crippen LogP contribution in [0.5, 0.6) is 5.75 Å². The lowest BCUT2D eigenvalue weighted by Gasteiger charge is -2.23. The van der Waals surface area contributed by atoms with Crippen molar-refractivity contribution in [3.63, 3.8) is 0 Å². The normalized spacial score (nSPS) is 16.8. The average Bonchev–Trinajstić information content (AvgIpc) is 2.33. The molecule has 0 aliphatic carbocycles. The second-order valence-corrected chi connectivity index (χ2v) is 4.29. The van der Waals surface area contributed by atoms with Crippen molar-refractivity contribution in [2.24, 2.45) is 0 Å². The molecule has 92 valence electrons. The molecule has 1 heterocycles. The van der Waals surface area contributed by atoms with Crippen molar-refractivity contribution in [3.05, 3.63) is 28.8 Å². The minimum absolute atomic E-state index is 0.0944. The lowest BCUT2D eigenvalue weighted by Crippen LogP contribution is -2.26. The van der Waals surface area contributed by atoms with Crippen LogP contribution in [0, 0.1) is 0 Å². The first-order valence-electron chi connectivity index (χ1n) is 5.44. The van der Waals surface area contributed by atoms with Crippen LogP contribution in [-0.2, 0) is 4.74 Å². The molecule has 1 aliphatic rings. The van der Waals surface area contributed by atoms with E-state index < -0.39 is 5.97 Å². The third kappa shape index (κ3) is 3.11. The van der Waals surface area contributed by atoms with E-state index in [0.717, 1.165) is 12.8 Å². The Balaban J connectivity index is 2.08. The number of carboxylic acids is 1. The quantitative estimate of drug-likeness (QED) is 0.903. The maximum Gasteiger partial charge on any atom is 0.335 e. The van der Waals surface area contributed by atoms with Crippen LogP contribution in [0.1, 0.15) is 23.2 Å². The van der Waals surface area contributed by atoms with Gasteiger partial charge in [0.25, 0.3) is 0 Å². The molecule has 1 aliphatic heterocycles. The number of carboxylic acid groups (broad SMARTS) is 1. The van der Waals surface area contributed by atoms with Gasteiger partial charge >= 0.3 is 5.97 Å². The molecule has 0 aromatic heterocycles. The van der Waals surface area contributed by atoms with Crippen molar-refractivity contribution in [2.75, 3.05) is 13.2 Å². The van der Waals surface area contributed by atoms with Gasteiger partial charge in [-0.25, -0.2) is 4.79 Å². The molecule has 4 nitrogen and oxygen atoms in total. The summed E-state index contributed by atoms with van der Waals surface area (Å²) in [6, 6.07) is 4.49. The molecular formula is C12H13ClO4. The van der Waals surface area contributed by atoms with Crippen LogP contribution >= 0.6 is 11.6 Å². The van der Waals surface area contributed by atoms with Crippen molar-refractivity contribution in [3.8, 4) is 5.75 Å². The van der Waals surface area contributed by atoms with Crippen LogP contribution in [0.2, 0.25) is 5.02 Å². The number of halogens is 1. The Morgan fingerprint density at radius 1 is 1.41 bits per heavy atom. The maximum atomic E-state index is 10.7. The van der Waals surface area contributed by atoms with Gasteiger partial charge in [0.1, 0.15) is 11.9 Å². The summed E-state index contributed by atoms with van der Waals surface area (Å²) < 4.78 is 10.9. The monoisotopic (exact) mass is 256 g/mol. The molecule has 1 saturated heterocycles. The molecule has 1 aromatic carbocycles. The zero-order valence-corrected chi connectivity index (χ0v) is 9.94. The van der Waals surface area contributed by atoms with E-state index in [1.807, 2.05) is 0 Å². The molecule has 5 heteroatoms. The first kappa shape index (κ1) is 12.2. The minimum atomic E-state index is -0.996. The number of rotatable bonds is 3. The third-order valence-corrected chi connectivity index (χ3v) is 2.94. The van der Waals surface area contributed by atoms with Crippen molar-refractivity contribution in [1.29, 1.82) is 0 Å². The van der Waals surface area contributed by atoms with Gasteiger partial charge in [0.05, 0.1) is 23.8 Å². The molecule has 1 aromatic rings. The molecule has 2 rings (SSSR count). The number of hydrogen-bond acceptors (Lipinski definition) is 3. The summed E-state index contributed by atoms with van der Waals surface area (Å²) in [4.78, 5) is 10.7. The van der Waals surface area contributed by atoms with E-state index in [9.17, 15) is 4.79 Å². The van der Waals surface area contributed by atoms with Crippen LogP contribution in [0.4, 0.5) is 0 Å². The molecular weight excluding hydrogens is 244 g/mol. The fraction of sp³-hybridized carbons (Fsp3) is 0.417. The molecule has 0 unspecified atom stereocenters. The van der Waals surface area contributed by atoms with Crippen molar-refractivity contribution >= 4 is 17.6 Å². The summed E-state index contributed by atoms with van der Waals surface area (Å²) in [6.45, 7) is 1.38. The Kier molecular flexibility index (Phi) is 3.86. The van der Waals surface area contributed by atoms with E-state index >= 15 is 0 Å². The number of hydrogen-bond donors (Lipinski definition) is 1. The predicted molar refractivity (Wildman–Crippen MR) is 62.9 cm³/mol. The summed E-state index contributed by atoms with van der Waals surface area (Å²) in [5, 5.41) is 9.14. The zero-order valence-electron chi connectivity index (χ0n) is 9.19. The zero-order chi connectivity index (χ0) is 12.3. The Bertz CT molecular complexity index is 413. The Morgan fingerprint density at radius 3 is 2.71 bits per heavy atom. The number of ether oxygens (including phenoxy) is 2. The van der Waals surface area contributed by atoms with Gasteiger partial charge < -0.3 is 14.6 Å². The van der Waals surface area contributed by atoms with Crippen LogP contribution < -0.4 is 4.74 Å². The Hall–Kier alpha value is -1.26. The standard InChI is InChI=1S/C12H13ClO4/c13-10-7-8(12(14)15)1-2-11(10)17-9-3-5-16-6-4-9/h1-2,7,9H,3-6H2,(H,14,15). The van der Waals surface area contributed by atoms with Gasteiger partial charge in [-0.15, -0.1) is 0 Å². The fourth-order valence-corrected chi connectivity index (χ4v) is 1.93. The SMILES string of the molecule is O=C(O)c1ccc(OC2CCOCC2)c(Cl)c1. The van der Waals surface area contributed by atoms with E-state index in [1.54, 1.807) is 6.07 Å². The first-order valence-corrected chi connectivity index (χ1v) is 5.82. The molecule has 0 spiro atoms. The summed E-state index contributed by atoms with van der Waals surface area (Å²) in [6.07, 6.45) is 1.76. The predicted octanol–water partition coefficient (Wildman–Crippen LogP) is 2.60.